The van der Waals surface area contributed by atoms with Crippen molar-refractivity contribution in [3.63, 3.8) is 0 Å². The molecular weight excluding hydrogens is 186 g/mol. The molecule has 1 aromatic rings. The number of para-hydroxylation sites is 1. The van der Waals surface area contributed by atoms with Crippen molar-refractivity contribution in [3.8, 4) is 0 Å². The summed E-state index contributed by atoms with van der Waals surface area (Å²) >= 11 is 0. The molecule has 0 saturated carbocycles. The predicted molar refractivity (Wildman–Crippen MR) is 54.4 cm³/mol. The van der Waals surface area contributed by atoms with Crippen LogP contribution in [-0.4, -0.2) is 21.7 Å². The minimum Gasteiger partial charge on any atom is -0.273 e. The molecule has 13 heavy (non-hydrogen) atoms. The highest BCUT2D eigenvalue weighted by Gasteiger charge is 2.12. The zero-order valence-corrected chi connectivity index (χ0v) is 8.80. The number of benzene rings is 1. The number of hydrogen-bond acceptors (Lipinski definition) is 2. The standard InChI is InChI=1S/C9H13NO2S/c1-8-6-4-5-7-9(8)10(2)13(3,11)12/h4-7H,1-3H3. The van der Waals surface area contributed by atoms with Gasteiger partial charge in [-0.25, -0.2) is 8.42 Å². The van der Waals surface area contributed by atoms with Crippen molar-refractivity contribution in [1.29, 1.82) is 0 Å². The van der Waals surface area contributed by atoms with E-state index in [4.69, 9.17) is 0 Å². The van der Waals surface area contributed by atoms with Crippen LogP contribution >= 0.6 is 0 Å². The van der Waals surface area contributed by atoms with Gasteiger partial charge >= 0.3 is 0 Å². The molecular formula is C9H13NO2S. The van der Waals surface area contributed by atoms with E-state index in [0.29, 0.717) is 0 Å². The van der Waals surface area contributed by atoms with Crippen molar-refractivity contribution in [2.75, 3.05) is 17.6 Å². The lowest BCUT2D eigenvalue weighted by atomic mass is 10.2. The van der Waals surface area contributed by atoms with Crippen LogP contribution in [0.4, 0.5) is 5.69 Å². The fourth-order valence-electron chi connectivity index (χ4n) is 1.10. The van der Waals surface area contributed by atoms with Gasteiger partial charge in [0, 0.05) is 7.05 Å². The Morgan fingerprint density at radius 1 is 1.23 bits per heavy atom. The maximum absolute atomic E-state index is 11.2. The summed E-state index contributed by atoms with van der Waals surface area (Å²) < 4.78 is 23.7. The molecule has 4 heteroatoms. The second kappa shape index (κ2) is 3.38. The first-order valence-electron chi connectivity index (χ1n) is 3.92. The average Bonchev–Trinajstić information content (AvgIpc) is 2.02. The van der Waals surface area contributed by atoms with Gasteiger partial charge in [0.2, 0.25) is 10.0 Å². The van der Waals surface area contributed by atoms with Crippen molar-refractivity contribution < 1.29 is 8.42 Å². The lowest BCUT2D eigenvalue weighted by Gasteiger charge is -2.18. The fraction of sp³-hybridized carbons (Fsp3) is 0.333. The highest BCUT2D eigenvalue weighted by molar-refractivity contribution is 7.92. The van der Waals surface area contributed by atoms with E-state index in [0.717, 1.165) is 11.3 Å². The molecule has 0 aliphatic carbocycles. The maximum Gasteiger partial charge on any atom is 0.232 e. The molecule has 0 amide bonds. The molecule has 0 heterocycles. The highest BCUT2D eigenvalue weighted by atomic mass is 32.2. The van der Waals surface area contributed by atoms with Crippen molar-refractivity contribution in [2.45, 2.75) is 6.92 Å². The molecule has 1 aromatic carbocycles. The topological polar surface area (TPSA) is 37.4 Å². The summed E-state index contributed by atoms with van der Waals surface area (Å²) in [4.78, 5) is 0. The van der Waals surface area contributed by atoms with Gasteiger partial charge in [-0.15, -0.1) is 0 Å². The molecule has 0 unspecified atom stereocenters. The molecule has 0 aliphatic rings. The maximum atomic E-state index is 11.2. The van der Waals surface area contributed by atoms with Crippen molar-refractivity contribution in [2.24, 2.45) is 0 Å². The number of anilines is 1. The van der Waals surface area contributed by atoms with E-state index in [-0.39, 0.29) is 0 Å². The van der Waals surface area contributed by atoms with E-state index in [1.807, 2.05) is 25.1 Å². The molecule has 0 aliphatic heterocycles. The van der Waals surface area contributed by atoms with Crippen molar-refractivity contribution >= 4 is 15.7 Å². The number of rotatable bonds is 2. The zero-order chi connectivity index (χ0) is 10.1. The lowest BCUT2D eigenvalue weighted by Crippen LogP contribution is -2.25. The number of sulfonamides is 1. The summed E-state index contributed by atoms with van der Waals surface area (Å²) in [6, 6.07) is 7.38. The molecule has 0 N–H and O–H groups in total. The second-order valence-electron chi connectivity index (χ2n) is 3.02. The molecule has 0 saturated heterocycles. The first-order chi connectivity index (χ1) is 5.93. The first kappa shape index (κ1) is 10.1. The van der Waals surface area contributed by atoms with Crippen LogP contribution in [0.3, 0.4) is 0 Å². The summed E-state index contributed by atoms with van der Waals surface area (Å²) in [5.74, 6) is 0. The Hall–Kier alpha value is -1.03. The molecule has 0 aromatic heterocycles. The van der Waals surface area contributed by atoms with Gasteiger partial charge < -0.3 is 0 Å². The third-order valence-electron chi connectivity index (χ3n) is 1.95. The predicted octanol–water partition coefficient (Wildman–Crippen LogP) is 1.39. The van der Waals surface area contributed by atoms with Crippen LogP contribution in [0, 0.1) is 6.92 Å². The molecule has 1 rings (SSSR count). The normalized spacial score (nSPS) is 11.3. The van der Waals surface area contributed by atoms with Crippen LogP contribution in [0.1, 0.15) is 5.56 Å². The number of aryl methyl sites for hydroxylation is 1. The summed E-state index contributed by atoms with van der Waals surface area (Å²) in [7, 11) is -1.59. The largest absolute Gasteiger partial charge is 0.273 e. The highest BCUT2D eigenvalue weighted by Crippen LogP contribution is 2.19. The van der Waals surface area contributed by atoms with E-state index in [2.05, 4.69) is 0 Å². The zero-order valence-electron chi connectivity index (χ0n) is 7.98. The van der Waals surface area contributed by atoms with E-state index in [1.54, 1.807) is 13.1 Å². The molecule has 0 spiro atoms. The summed E-state index contributed by atoms with van der Waals surface area (Å²) in [6.07, 6.45) is 1.19. The molecule has 0 bridgehead atoms. The molecule has 0 radical (unpaired) electrons. The summed E-state index contributed by atoms with van der Waals surface area (Å²) in [5, 5.41) is 0. The Bertz CT molecular complexity index is 398. The summed E-state index contributed by atoms with van der Waals surface area (Å²) in [6.45, 7) is 1.89. The Balaban J connectivity index is 3.17. The monoisotopic (exact) mass is 199 g/mol. The second-order valence-corrected chi connectivity index (χ2v) is 5.03. The molecule has 72 valence electrons. The van der Waals surface area contributed by atoms with Gasteiger partial charge in [-0.2, -0.15) is 0 Å². The Morgan fingerprint density at radius 3 is 2.23 bits per heavy atom. The lowest BCUT2D eigenvalue weighted by molar-refractivity contribution is 0.600. The van der Waals surface area contributed by atoms with Crippen LogP contribution < -0.4 is 4.31 Å². The fourth-order valence-corrected chi connectivity index (χ4v) is 1.66. The minimum absolute atomic E-state index is 0.727. The van der Waals surface area contributed by atoms with Gasteiger partial charge in [-0.1, -0.05) is 18.2 Å². The van der Waals surface area contributed by atoms with Gasteiger partial charge in [0.1, 0.15) is 0 Å². The van der Waals surface area contributed by atoms with E-state index in [1.165, 1.54) is 10.6 Å². The van der Waals surface area contributed by atoms with Crippen LogP contribution in [0.2, 0.25) is 0 Å². The van der Waals surface area contributed by atoms with Crippen molar-refractivity contribution in [3.05, 3.63) is 29.8 Å². The Labute approximate surface area is 79.0 Å². The van der Waals surface area contributed by atoms with Gasteiger partial charge in [0.15, 0.2) is 0 Å². The van der Waals surface area contributed by atoms with Crippen molar-refractivity contribution in [1.82, 2.24) is 0 Å². The van der Waals surface area contributed by atoms with Gasteiger partial charge in [-0.3, -0.25) is 4.31 Å². The number of nitrogens with zero attached hydrogens (tertiary/aromatic N) is 1. The van der Waals surface area contributed by atoms with Gasteiger partial charge in [0.25, 0.3) is 0 Å². The van der Waals surface area contributed by atoms with E-state index < -0.39 is 10.0 Å². The third kappa shape index (κ3) is 2.21. The average molecular weight is 199 g/mol. The van der Waals surface area contributed by atoms with Crippen LogP contribution in [-0.2, 0) is 10.0 Å². The molecule has 3 nitrogen and oxygen atoms in total. The molecule has 0 atom stereocenters. The van der Waals surface area contributed by atoms with E-state index in [9.17, 15) is 8.42 Å². The van der Waals surface area contributed by atoms with Crippen LogP contribution in [0.25, 0.3) is 0 Å². The third-order valence-corrected chi connectivity index (χ3v) is 3.14. The SMILES string of the molecule is Cc1ccccc1N(C)S(C)(=O)=O. The quantitative estimate of drug-likeness (QED) is 0.721. The Morgan fingerprint density at radius 2 is 1.77 bits per heavy atom. The van der Waals surface area contributed by atoms with Gasteiger partial charge in [-0.05, 0) is 18.6 Å². The first-order valence-corrected chi connectivity index (χ1v) is 5.77. The number of hydrogen-bond donors (Lipinski definition) is 0. The minimum atomic E-state index is -3.15. The van der Waals surface area contributed by atoms with Crippen LogP contribution in [0.5, 0.6) is 0 Å². The van der Waals surface area contributed by atoms with Crippen LogP contribution in [0.15, 0.2) is 24.3 Å². The molecule has 0 fully saturated rings. The van der Waals surface area contributed by atoms with Gasteiger partial charge in [0.05, 0.1) is 11.9 Å². The summed E-state index contributed by atoms with van der Waals surface area (Å²) in [5.41, 5.74) is 1.68. The van der Waals surface area contributed by atoms with E-state index >= 15 is 0 Å². The smallest absolute Gasteiger partial charge is 0.232 e. The Kier molecular flexibility index (Phi) is 2.61.